The van der Waals surface area contributed by atoms with E-state index in [0.29, 0.717) is 49.1 Å². The summed E-state index contributed by atoms with van der Waals surface area (Å²) in [5.41, 5.74) is 3.61. The van der Waals surface area contributed by atoms with Gasteiger partial charge in [-0.1, -0.05) is 59.3 Å². The lowest BCUT2D eigenvalue weighted by Crippen LogP contribution is -2.42. The molecular weight excluding hydrogens is 374 g/mol. The van der Waals surface area contributed by atoms with Crippen LogP contribution >= 0.6 is 11.6 Å². The van der Waals surface area contributed by atoms with Crippen LogP contribution in [-0.4, -0.2) is 38.9 Å². The third kappa shape index (κ3) is 4.24. The molecule has 0 saturated carbocycles. The molecule has 0 bridgehead atoms. The monoisotopic (exact) mass is 395 g/mol. The Kier molecular flexibility index (Phi) is 5.69. The number of hydrogen-bond acceptors (Lipinski definition) is 4. The summed E-state index contributed by atoms with van der Waals surface area (Å²) in [4.78, 5) is 14.9. The van der Waals surface area contributed by atoms with Crippen molar-refractivity contribution in [3.8, 4) is 0 Å². The molecule has 0 aliphatic carbocycles. The Labute approximate surface area is 169 Å². The SMILES string of the molecule is O=C1c2c(CNCc3cccc(Cl)c3)nnn2CCN1CCc1ccccc1. The van der Waals surface area contributed by atoms with Gasteiger partial charge in [-0.3, -0.25) is 4.79 Å². The first-order valence-corrected chi connectivity index (χ1v) is 9.79. The Morgan fingerprint density at radius 2 is 1.82 bits per heavy atom. The molecule has 28 heavy (non-hydrogen) atoms. The summed E-state index contributed by atoms with van der Waals surface area (Å²) in [6, 6.07) is 17.9. The molecule has 1 aliphatic rings. The number of hydrogen-bond donors (Lipinski definition) is 1. The number of nitrogens with zero attached hydrogens (tertiary/aromatic N) is 4. The van der Waals surface area contributed by atoms with Crippen LogP contribution in [0.25, 0.3) is 0 Å². The van der Waals surface area contributed by atoms with Crippen LogP contribution in [0, 0.1) is 0 Å². The van der Waals surface area contributed by atoms with Crippen LogP contribution in [0.4, 0.5) is 0 Å². The smallest absolute Gasteiger partial charge is 0.274 e. The summed E-state index contributed by atoms with van der Waals surface area (Å²) < 4.78 is 1.72. The fraction of sp³-hybridized carbons (Fsp3) is 0.286. The van der Waals surface area contributed by atoms with E-state index in [1.807, 2.05) is 47.4 Å². The predicted octanol–water partition coefficient (Wildman–Crippen LogP) is 2.92. The predicted molar refractivity (Wildman–Crippen MR) is 108 cm³/mol. The van der Waals surface area contributed by atoms with Crippen LogP contribution in [0.3, 0.4) is 0 Å². The lowest BCUT2D eigenvalue weighted by atomic mass is 10.1. The molecule has 2 heterocycles. The van der Waals surface area contributed by atoms with Crippen molar-refractivity contribution in [1.29, 1.82) is 0 Å². The molecular formula is C21H22ClN5O. The Balaban J connectivity index is 1.38. The normalized spacial score (nSPS) is 13.6. The third-order valence-corrected chi connectivity index (χ3v) is 5.14. The van der Waals surface area contributed by atoms with Gasteiger partial charge in [-0.15, -0.1) is 5.10 Å². The number of carbonyl (C=O) groups is 1. The van der Waals surface area contributed by atoms with Crippen LogP contribution in [0.1, 0.15) is 27.3 Å². The maximum Gasteiger partial charge on any atom is 0.274 e. The molecule has 3 aromatic rings. The standard InChI is InChI=1S/C21H22ClN5O/c22-18-8-4-7-17(13-18)14-23-15-19-20-21(28)26(11-12-27(20)25-24-19)10-9-16-5-2-1-3-6-16/h1-8,13,23H,9-12,14-15H2. The average molecular weight is 396 g/mol. The van der Waals surface area contributed by atoms with Gasteiger partial charge >= 0.3 is 0 Å². The fourth-order valence-electron chi connectivity index (χ4n) is 3.42. The largest absolute Gasteiger partial charge is 0.335 e. The van der Waals surface area contributed by atoms with Crippen molar-refractivity contribution < 1.29 is 4.79 Å². The van der Waals surface area contributed by atoms with Gasteiger partial charge in [0.2, 0.25) is 0 Å². The van der Waals surface area contributed by atoms with E-state index in [2.05, 4.69) is 27.8 Å². The molecule has 2 aromatic carbocycles. The summed E-state index contributed by atoms with van der Waals surface area (Å²) in [5.74, 6) is 0.00624. The van der Waals surface area contributed by atoms with Crippen molar-refractivity contribution in [1.82, 2.24) is 25.2 Å². The summed E-state index contributed by atoms with van der Waals surface area (Å²) in [7, 11) is 0. The molecule has 4 rings (SSSR count). The van der Waals surface area contributed by atoms with E-state index in [4.69, 9.17) is 11.6 Å². The molecule has 7 heteroatoms. The lowest BCUT2D eigenvalue weighted by molar-refractivity contribution is 0.0698. The molecule has 1 aromatic heterocycles. The van der Waals surface area contributed by atoms with Gasteiger partial charge in [0.05, 0.1) is 6.54 Å². The molecule has 0 unspecified atom stereocenters. The van der Waals surface area contributed by atoms with E-state index in [9.17, 15) is 4.79 Å². The van der Waals surface area contributed by atoms with Crippen LogP contribution in [0.15, 0.2) is 54.6 Å². The van der Waals surface area contributed by atoms with Crippen molar-refractivity contribution in [2.75, 3.05) is 13.1 Å². The molecule has 0 radical (unpaired) electrons. The number of benzene rings is 2. The minimum atomic E-state index is 0.00624. The molecule has 0 saturated heterocycles. The quantitative estimate of drug-likeness (QED) is 0.668. The molecule has 1 aliphatic heterocycles. The number of fused-ring (bicyclic) bond motifs is 1. The molecule has 1 N–H and O–H groups in total. The zero-order chi connectivity index (χ0) is 19.3. The van der Waals surface area contributed by atoms with Crippen molar-refractivity contribution >= 4 is 17.5 Å². The fourth-order valence-corrected chi connectivity index (χ4v) is 3.63. The molecule has 6 nitrogen and oxygen atoms in total. The number of halogens is 1. The van der Waals surface area contributed by atoms with E-state index < -0.39 is 0 Å². The number of rotatable bonds is 7. The first kappa shape index (κ1) is 18.7. The number of aromatic nitrogens is 3. The van der Waals surface area contributed by atoms with Gasteiger partial charge in [-0.2, -0.15) is 0 Å². The van der Waals surface area contributed by atoms with E-state index in [1.54, 1.807) is 4.68 Å². The van der Waals surface area contributed by atoms with E-state index in [0.717, 1.165) is 12.0 Å². The van der Waals surface area contributed by atoms with Crippen LogP contribution in [0.2, 0.25) is 5.02 Å². The zero-order valence-electron chi connectivity index (χ0n) is 15.5. The first-order chi connectivity index (χ1) is 13.7. The highest BCUT2D eigenvalue weighted by molar-refractivity contribution is 6.30. The van der Waals surface area contributed by atoms with Gasteiger partial charge in [0.15, 0.2) is 5.69 Å². The molecule has 0 fully saturated rings. The summed E-state index contributed by atoms with van der Waals surface area (Å²) in [6.07, 6.45) is 0.844. The van der Waals surface area contributed by atoms with Crippen molar-refractivity contribution in [3.63, 3.8) is 0 Å². The number of nitrogens with one attached hydrogen (secondary N) is 1. The third-order valence-electron chi connectivity index (χ3n) is 4.90. The lowest BCUT2D eigenvalue weighted by Gasteiger charge is -2.27. The van der Waals surface area contributed by atoms with Gasteiger partial charge in [0.1, 0.15) is 5.69 Å². The van der Waals surface area contributed by atoms with Crippen molar-refractivity contribution in [3.05, 3.63) is 82.1 Å². The summed E-state index contributed by atoms with van der Waals surface area (Å²) in [5, 5.41) is 12.4. The molecule has 0 spiro atoms. The highest BCUT2D eigenvalue weighted by Crippen LogP contribution is 2.16. The van der Waals surface area contributed by atoms with E-state index in [1.165, 1.54) is 5.56 Å². The topological polar surface area (TPSA) is 63.1 Å². The molecule has 0 atom stereocenters. The second-order valence-corrected chi connectivity index (χ2v) is 7.31. The van der Waals surface area contributed by atoms with Gasteiger partial charge in [-0.25, -0.2) is 4.68 Å². The summed E-state index contributed by atoms with van der Waals surface area (Å²) in [6.45, 7) is 3.18. The molecule has 144 valence electrons. The maximum absolute atomic E-state index is 13.0. The van der Waals surface area contributed by atoms with Crippen LogP contribution in [-0.2, 0) is 26.1 Å². The van der Waals surface area contributed by atoms with Gasteiger partial charge in [0, 0.05) is 31.2 Å². The number of carbonyl (C=O) groups excluding carboxylic acids is 1. The Morgan fingerprint density at radius 1 is 1.00 bits per heavy atom. The van der Waals surface area contributed by atoms with Gasteiger partial charge in [0.25, 0.3) is 5.91 Å². The van der Waals surface area contributed by atoms with E-state index in [-0.39, 0.29) is 5.91 Å². The second-order valence-electron chi connectivity index (χ2n) is 6.87. The van der Waals surface area contributed by atoms with Gasteiger partial charge < -0.3 is 10.2 Å². The highest BCUT2D eigenvalue weighted by Gasteiger charge is 2.29. The Morgan fingerprint density at radius 3 is 2.64 bits per heavy atom. The van der Waals surface area contributed by atoms with E-state index >= 15 is 0 Å². The maximum atomic E-state index is 13.0. The minimum absolute atomic E-state index is 0.00624. The highest BCUT2D eigenvalue weighted by atomic mass is 35.5. The Bertz CT molecular complexity index is 956. The Hall–Kier alpha value is -2.70. The average Bonchev–Trinajstić information content (AvgIpc) is 3.12. The number of amides is 1. The van der Waals surface area contributed by atoms with Crippen LogP contribution in [0.5, 0.6) is 0 Å². The molecule has 1 amide bonds. The van der Waals surface area contributed by atoms with Crippen LogP contribution < -0.4 is 5.32 Å². The van der Waals surface area contributed by atoms with Crippen molar-refractivity contribution in [2.45, 2.75) is 26.1 Å². The van der Waals surface area contributed by atoms with Gasteiger partial charge in [-0.05, 0) is 29.7 Å². The zero-order valence-corrected chi connectivity index (χ0v) is 16.3. The van der Waals surface area contributed by atoms with Crippen molar-refractivity contribution in [2.24, 2.45) is 0 Å². The second kappa shape index (κ2) is 8.54. The first-order valence-electron chi connectivity index (χ1n) is 9.41. The summed E-state index contributed by atoms with van der Waals surface area (Å²) >= 11 is 6.02. The minimum Gasteiger partial charge on any atom is -0.335 e.